The van der Waals surface area contributed by atoms with Gasteiger partial charge in [-0.25, -0.2) is 4.79 Å². The first-order valence-electron chi connectivity index (χ1n) is 4.75. The molecule has 4 nitrogen and oxygen atoms in total. The van der Waals surface area contributed by atoms with Gasteiger partial charge in [-0.1, -0.05) is 23.2 Å². The molecule has 6 heteroatoms. The Morgan fingerprint density at radius 3 is 2.62 bits per heavy atom. The Morgan fingerprint density at radius 2 is 2.06 bits per heavy atom. The number of β-amino-alcohol motifs (C(OH)–C–C–N with tert-alkyl or cyclic N) is 1. The molecule has 1 aromatic rings. The Kier molecular flexibility index (Phi) is 3.23. The van der Waals surface area contributed by atoms with Crippen LogP contribution in [0.1, 0.15) is 0 Å². The molecule has 0 saturated carbocycles. The summed E-state index contributed by atoms with van der Waals surface area (Å²) in [5.41, 5.74) is 0.584. The molecule has 0 aromatic heterocycles. The fourth-order valence-corrected chi connectivity index (χ4v) is 1.70. The van der Waals surface area contributed by atoms with E-state index in [9.17, 15) is 4.79 Å². The zero-order chi connectivity index (χ0) is 11.7. The van der Waals surface area contributed by atoms with E-state index in [-0.39, 0.29) is 6.03 Å². The molecule has 1 heterocycles. The molecule has 1 aromatic carbocycles. The summed E-state index contributed by atoms with van der Waals surface area (Å²) in [5, 5.41) is 12.6. The van der Waals surface area contributed by atoms with Gasteiger partial charge < -0.3 is 15.3 Å². The average molecular weight is 261 g/mol. The Hall–Kier alpha value is -0.970. The second-order valence-electron chi connectivity index (χ2n) is 3.62. The van der Waals surface area contributed by atoms with Crippen molar-refractivity contribution in [2.24, 2.45) is 0 Å². The van der Waals surface area contributed by atoms with Crippen LogP contribution in [-0.2, 0) is 0 Å². The van der Waals surface area contributed by atoms with Gasteiger partial charge in [0, 0.05) is 5.69 Å². The number of halogens is 2. The van der Waals surface area contributed by atoms with Gasteiger partial charge >= 0.3 is 6.03 Å². The zero-order valence-corrected chi connectivity index (χ0v) is 9.79. The summed E-state index contributed by atoms with van der Waals surface area (Å²) in [7, 11) is 0. The van der Waals surface area contributed by atoms with E-state index in [1.807, 2.05) is 0 Å². The first-order chi connectivity index (χ1) is 7.56. The van der Waals surface area contributed by atoms with Crippen molar-refractivity contribution in [2.45, 2.75) is 6.10 Å². The number of aliphatic hydroxyl groups excluding tert-OH is 1. The minimum absolute atomic E-state index is 0.247. The van der Waals surface area contributed by atoms with E-state index in [2.05, 4.69) is 5.32 Å². The fraction of sp³-hybridized carbons (Fsp3) is 0.300. The monoisotopic (exact) mass is 260 g/mol. The summed E-state index contributed by atoms with van der Waals surface area (Å²) in [4.78, 5) is 13.1. The summed E-state index contributed by atoms with van der Waals surface area (Å²) in [5.74, 6) is 0. The van der Waals surface area contributed by atoms with Gasteiger partial charge in [-0.2, -0.15) is 0 Å². The van der Waals surface area contributed by atoms with Crippen molar-refractivity contribution < 1.29 is 9.90 Å². The Labute approximate surface area is 103 Å². The first-order valence-corrected chi connectivity index (χ1v) is 5.51. The second kappa shape index (κ2) is 4.49. The molecular formula is C10H10Cl2N2O2. The zero-order valence-electron chi connectivity index (χ0n) is 8.28. The van der Waals surface area contributed by atoms with Crippen LogP contribution in [0.4, 0.5) is 10.5 Å². The molecule has 0 unspecified atom stereocenters. The highest BCUT2D eigenvalue weighted by Crippen LogP contribution is 2.25. The van der Waals surface area contributed by atoms with Gasteiger partial charge in [0.2, 0.25) is 0 Å². The lowest BCUT2D eigenvalue weighted by atomic mass is 10.2. The maximum absolute atomic E-state index is 11.6. The third kappa shape index (κ3) is 2.40. The van der Waals surface area contributed by atoms with E-state index in [1.165, 1.54) is 4.90 Å². The van der Waals surface area contributed by atoms with Crippen molar-refractivity contribution in [3.8, 4) is 0 Å². The number of urea groups is 1. The van der Waals surface area contributed by atoms with Gasteiger partial charge in [0.25, 0.3) is 0 Å². The number of nitrogens with zero attached hydrogens (tertiary/aromatic N) is 1. The number of hydrogen-bond acceptors (Lipinski definition) is 2. The molecule has 0 radical (unpaired) electrons. The molecule has 1 aliphatic heterocycles. The number of benzene rings is 1. The second-order valence-corrected chi connectivity index (χ2v) is 4.43. The molecule has 2 amide bonds. The minimum Gasteiger partial charge on any atom is -0.389 e. The van der Waals surface area contributed by atoms with E-state index in [0.717, 1.165) is 0 Å². The van der Waals surface area contributed by atoms with E-state index in [1.54, 1.807) is 18.2 Å². The highest BCUT2D eigenvalue weighted by molar-refractivity contribution is 6.42. The molecule has 16 heavy (non-hydrogen) atoms. The standard InChI is InChI=1S/C10H10Cl2N2O2/c11-8-2-1-6(3-9(8)12)13-10(16)14-4-7(15)5-14/h1-3,7,15H,4-5H2,(H,13,16). The predicted octanol–water partition coefficient (Wildman–Crippen LogP) is 2.20. The lowest BCUT2D eigenvalue weighted by Crippen LogP contribution is -2.54. The molecule has 2 rings (SSSR count). The highest BCUT2D eigenvalue weighted by Gasteiger charge is 2.28. The van der Waals surface area contributed by atoms with Crippen LogP contribution in [-0.4, -0.2) is 35.2 Å². The molecule has 1 fully saturated rings. The van der Waals surface area contributed by atoms with Crippen LogP contribution >= 0.6 is 23.2 Å². The molecule has 0 bridgehead atoms. The van der Waals surface area contributed by atoms with Crippen LogP contribution in [0.15, 0.2) is 18.2 Å². The van der Waals surface area contributed by atoms with E-state index < -0.39 is 6.10 Å². The van der Waals surface area contributed by atoms with Crippen LogP contribution in [0.25, 0.3) is 0 Å². The summed E-state index contributed by atoms with van der Waals surface area (Å²) < 4.78 is 0. The summed E-state index contributed by atoms with van der Waals surface area (Å²) in [6, 6.07) is 4.62. The van der Waals surface area contributed by atoms with Gasteiger partial charge in [0.1, 0.15) is 0 Å². The smallest absolute Gasteiger partial charge is 0.322 e. The largest absolute Gasteiger partial charge is 0.389 e. The molecule has 0 spiro atoms. The van der Waals surface area contributed by atoms with Crippen LogP contribution < -0.4 is 5.32 Å². The number of hydrogen-bond donors (Lipinski definition) is 2. The lowest BCUT2D eigenvalue weighted by Gasteiger charge is -2.35. The number of rotatable bonds is 1. The number of aliphatic hydroxyl groups is 1. The maximum atomic E-state index is 11.6. The van der Waals surface area contributed by atoms with E-state index >= 15 is 0 Å². The SMILES string of the molecule is O=C(Nc1ccc(Cl)c(Cl)c1)N1CC(O)C1. The molecule has 86 valence electrons. The topological polar surface area (TPSA) is 52.6 Å². The van der Waals surface area contributed by atoms with E-state index in [0.29, 0.717) is 28.8 Å². The molecule has 2 N–H and O–H groups in total. The van der Waals surface area contributed by atoms with Crippen molar-refractivity contribution in [1.82, 2.24) is 4.90 Å². The number of nitrogens with one attached hydrogen (secondary N) is 1. The maximum Gasteiger partial charge on any atom is 0.322 e. The van der Waals surface area contributed by atoms with Crippen LogP contribution in [0.2, 0.25) is 10.0 Å². The normalized spacial score (nSPS) is 15.8. The van der Waals surface area contributed by atoms with Gasteiger partial charge in [-0.3, -0.25) is 0 Å². The minimum atomic E-state index is -0.403. The van der Waals surface area contributed by atoms with Gasteiger partial charge in [0.05, 0.1) is 29.2 Å². The molecule has 0 atom stereocenters. The average Bonchev–Trinajstić information content (AvgIpc) is 2.19. The molecular weight excluding hydrogens is 251 g/mol. The van der Waals surface area contributed by atoms with Crippen molar-refractivity contribution in [3.05, 3.63) is 28.2 Å². The molecule has 0 aliphatic carbocycles. The summed E-state index contributed by atoms with van der Waals surface area (Å²) in [6.45, 7) is 0.736. The van der Waals surface area contributed by atoms with Crippen molar-refractivity contribution in [1.29, 1.82) is 0 Å². The van der Waals surface area contributed by atoms with E-state index in [4.69, 9.17) is 28.3 Å². The number of carbonyl (C=O) groups is 1. The lowest BCUT2D eigenvalue weighted by molar-refractivity contribution is 0.0309. The Morgan fingerprint density at radius 1 is 1.38 bits per heavy atom. The number of likely N-dealkylation sites (tertiary alicyclic amines) is 1. The fourth-order valence-electron chi connectivity index (χ4n) is 1.40. The van der Waals surface area contributed by atoms with Crippen LogP contribution in [0, 0.1) is 0 Å². The third-order valence-corrected chi connectivity index (χ3v) is 3.06. The molecule has 1 saturated heterocycles. The molecule has 1 aliphatic rings. The van der Waals surface area contributed by atoms with Gasteiger partial charge in [-0.05, 0) is 18.2 Å². The van der Waals surface area contributed by atoms with Crippen LogP contribution in [0.5, 0.6) is 0 Å². The van der Waals surface area contributed by atoms with Crippen LogP contribution in [0.3, 0.4) is 0 Å². The van der Waals surface area contributed by atoms with Gasteiger partial charge in [-0.15, -0.1) is 0 Å². The highest BCUT2D eigenvalue weighted by atomic mass is 35.5. The quantitative estimate of drug-likeness (QED) is 0.814. The summed E-state index contributed by atoms with van der Waals surface area (Å²) in [6.07, 6.45) is -0.403. The van der Waals surface area contributed by atoms with Gasteiger partial charge in [0.15, 0.2) is 0 Å². The number of carbonyl (C=O) groups excluding carboxylic acids is 1. The number of amides is 2. The third-order valence-electron chi connectivity index (χ3n) is 2.32. The predicted molar refractivity (Wildman–Crippen MR) is 63.1 cm³/mol. The Bertz CT molecular complexity index is 419. The summed E-state index contributed by atoms with van der Waals surface area (Å²) >= 11 is 11.6. The van der Waals surface area contributed by atoms with Crippen molar-refractivity contribution in [3.63, 3.8) is 0 Å². The first kappa shape index (κ1) is 11.5. The Balaban J connectivity index is 1.98. The van der Waals surface area contributed by atoms with Crippen molar-refractivity contribution >= 4 is 34.9 Å². The van der Waals surface area contributed by atoms with Crippen molar-refractivity contribution in [2.75, 3.05) is 18.4 Å². The number of anilines is 1.